The Balaban J connectivity index is -0.0000000510. The summed E-state index contributed by atoms with van der Waals surface area (Å²) in [5, 5.41) is 33.5. The molecule has 40 heavy (non-hydrogen) atoms. The second kappa shape index (κ2) is 33.0. The molecule has 10 nitrogen and oxygen atoms in total. The number of hydrogen-bond acceptors (Lipinski definition) is 10. The van der Waals surface area contributed by atoms with Crippen molar-refractivity contribution in [1.29, 1.82) is 0 Å². The first kappa shape index (κ1) is 57.6. The van der Waals surface area contributed by atoms with E-state index in [1.165, 1.54) is 79.7 Å². The largest absolute Gasteiger partial charge is 0.512 e. The molecule has 244 valence electrons. The van der Waals surface area contributed by atoms with Crippen molar-refractivity contribution in [3.63, 3.8) is 0 Å². The van der Waals surface area contributed by atoms with Crippen LogP contribution in [-0.2, 0) is 52.2 Å². The van der Waals surface area contributed by atoms with Crippen molar-refractivity contribution in [1.82, 2.24) is 0 Å². The van der Waals surface area contributed by atoms with Crippen molar-refractivity contribution >= 4 is 23.1 Å². The van der Waals surface area contributed by atoms with Crippen LogP contribution in [0.15, 0.2) is 47.3 Å². The molecule has 0 saturated carbocycles. The van der Waals surface area contributed by atoms with Crippen LogP contribution in [-0.4, -0.2) is 54.6 Å². The van der Waals surface area contributed by atoms with Gasteiger partial charge in [0.1, 0.15) is 0 Å². The molecule has 0 heterocycles. The summed E-state index contributed by atoms with van der Waals surface area (Å²) in [5.41, 5.74) is 10.7. The van der Waals surface area contributed by atoms with Crippen LogP contribution in [0.4, 0.5) is 0 Å². The Bertz CT molecular complexity index is 667. The smallest absolute Gasteiger partial charge is 0.155 e. The van der Waals surface area contributed by atoms with Crippen molar-refractivity contribution in [3.8, 4) is 0 Å². The summed E-state index contributed by atoms with van der Waals surface area (Å²) in [4.78, 5) is 40.1. The quantitative estimate of drug-likeness (QED) is 0.124. The Morgan fingerprint density at radius 2 is 0.500 bits per heavy atom. The van der Waals surface area contributed by atoms with E-state index in [9.17, 15) is 19.2 Å². The Kier molecular flexibility index (Phi) is 47.5. The minimum Gasteiger partial charge on any atom is -0.512 e. The number of allylic oxidation sites excluding steroid dienone is 8. The van der Waals surface area contributed by atoms with Crippen molar-refractivity contribution in [3.05, 3.63) is 47.3 Å². The van der Waals surface area contributed by atoms with E-state index in [-0.39, 0.29) is 90.2 Å². The third-order valence-corrected chi connectivity index (χ3v) is 1.65. The molecule has 0 unspecified atom stereocenters. The summed E-state index contributed by atoms with van der Waals surface area (Å²) in [6.07, 6.45) is 4.67. The van der Waals surface area contributed by atoms with E-state index in [1.807, 2.05) is 41.5 Å². The molecule has 8 N–H and O–H groups in total. The van der Waals surface area contributed by atoms with E-state index in [0.717, 1.165) is 0 Å². The third kappa shape index (κ3) is 228. The summed E-state index contributed by atoms with van der Waals surface area (Å²) in [6, 6.07) is 0. The molecular formula is C28H54N2Ni2O8. The zero-order chi connectivity index (χ0) is 32.4. The topological polar surface area (TPSA) is 201 Å². The molecule has 0 saturated heterocycles. The minimum absolute atomic E-state index is 0. The van der Waals surface area contributed by atoms with Crippen LogP contribution in [0.3, 0.4) is 0 Å². The molecule has 0 spiro atoms. The number of ketones is 4. The fraction of sp³-hybridized carbons (Fsp3) is 0.571. The second-order valence-corrected chi connectivity index (χ2v) is 10.3. The van der Waals surface area contributed by atoms with Gasteiger partial charge in [0.15, 0.2) is 23.1 Å². The molecule has 0 aromatic rings. The van der Waals surface area contributed by atoms with E-state index in [1.54, 1.807) is 0 Å². The Morgan fingerprint density at radius 1 is 0.425 bits per heavy atom. The second-order valence-electron chi connectivity index (χ2n) is 10.3. The average Bonchev–Trinajstić information content (AvgIpc) is 2.47. The number of carbonyl (C=O) groups is 4. The number of aliphatic hydroxyl groups is 4. The van der Waals surface area contributed by atoms with Gasteiger partial charge in [0.25, 0.3) is 0 Å². The van der Waals surface area contributed by atoms with Gasteiger partial charge >= 0.3 is 0 Å². The van der Waals surface area contributed by atoms with Crippen LogP contribution in [0, 0.1) is 0 Å². The number of carbonyl (C=O) groups excluding carboxylic acids is 4. The standard InChI is InChI=1S/4C5H8O2.2C4H11N.2Ni/c4*1-4(6)3-5(2)7;2*1-4(2,3)5;;/h4*3,6H,1-2H3;2*5H2,1-3H3;;/b4*4-3-;;;;. The normalized spacial score (nSPS) is 11.0. The minimum atomic E-state index is -0.125. The van der Waals surface area contributed by atoms with Gasteiger partial charge in [0.2, 0.25) is 0 Å². The molecule has 0 atom stereocenters. The van der Waals surface area contributed by atoms with Gasteiger partial charge < -0.3 is 31.9 Å². The summed E-state index contributed by atoms with van der Waals surface area (Å²) in [6.45, 7) is 23.2. The maximum Gasteiger partial charge on any atom is 0.155 e. The zero-order valence-electron chi connectivity index (χ0n) is 26.5. The predicted molar refractivity (Wildman–Crippen MR) is 156 cm³/mol. The fourth-order valence-corrected chi connectivity index (χ4v) is 1.18. The first-order valence-corrected chi connectivity index (χ1v) is 11.6. The molecule has 0 aromatic carbocycles. The van der Waals surface area contributed by atoms with Gasteiger partial charge in [0, 0.05) is 68.4 Å². The number of nitrogens with two attached hydrogens (primary N) is 2. The summed E-state index contributed by atoms with van der Waals surface area (Å²) in [5.74, 6) is -0.250. The third-order valence-electron chi connectivity index (χ3n) is 1.65. The van der Waals surface area contributed by atoms with E-state index in [2.05, 4.69) is 0 Å². The first-order valence-electron chi connectivity index (χ1n) is 11.6. The van der Waals surface area contributed by atoms with E-state index >= 15 is 0 Å². The maximum absolute atomic E-state index is 10.0. The van der Waals surface area contributed by atoms with Crippen molar-refractivity contribution in [2.75, 3.05) is 0 Å². The molecule has 0 aliphatic heterocycles. The molecule has 0 amide bonds. The van der Waals surface area contributed by atoms with Gasteiger partial charge in [-0.2, -0.15) is 0 Å². The van der Waals surface area contributed by atoms with E-state index < -0.39 is 0 Å². The molecule has 0 aliphatic carbocycles. The first-order chi connectivity index (χ1) is 16.5. The summed E-state index contributed by atoms with van der Waals surface area (Å²) < 4.78 is 0. The van der Waals surface area contributed by atoms with E-state index in [4.69, 9.17) is 31.9 Å². The number of aliphatic hydroxyl groups excluding tert-OH is 4. The number of hydrogen-bond donors (Lipinski definition) is 6. The van der Waals surface area contributed by atoms with Gasteiger partial charge in [-0.15, -0.1) is 0 Å². The predicted octanol–water partition coefficient (Wildman–Crippen LogP) is 5.63. The van der Waals surface area contributed by atoms with E-state index in [0.29, 0.717) is 0 Å². The summed E-state index contributed by atoms with van der Waals surface area (Å²) >= 11 is 0. The summed E-state index contributed by atoms with van der Waals surface area (Å²) in [7, 11) is 0. The van der Waals surface area contributed by atoms with Crippen LogP contribution >= 0.6 is 0 Å². The van der Waals surface area contributed by atoms with Crippen LogP contribution in [0.25, 0.3) is 0 Å². The van der Waals surface area contributed by atoms with Gasteiger partial charge in [-0.3, -0.25) is 19.2 Å². The van der Waals surface area contributed by atoms with Gasteiger partial charge in [-0.25, -0.2) is 0 Å². The molecule has 0 radical (unpaired) electrons. The SMILES string of the molecule is CC(=O)/C=C(/C)O.CC(=O)/C=C(/C)O.CC(=O)/C=C(/C)O.CC(=O)/C=C(/C)O.CC(C)(C)N.CC(C)(C)N.[Ni].[Ni]. The zero-order valence-corrected chi connectivity index (χ0v) is 28.5. The molecule has 0 rings (SSSR count). The number of rotatable bonds is 4. The van der Waals surface area contributed by atoms with Crippen molar-refractivity contribution in [2.24, 2.45) is 11.5 Å². The molecule has 0 aliphatic rings. The van der Waals surface area contributed by atoms with Crippen LogP contribution in [0.5, 0.6) is 0 Å². The Morgan fingerprint density at radius 3 is 0.500 bits per heavy atom. The van der Waals surface area contributed by atoms with Gasteiger partial charge in [-0.1, -0.05) is 0 Å². The molecule has 0 bridgehead atoms. The van der Waals surface area contributed by atoms with Crippen LogP contribution < -0.4 is 11.5 Å². The Labute approximate surface area is 261 Å². The molecule has 0 aromatic heterocycles. The molecule has 12 heteroatoms. The van der Waals surface area contributed by atoms with Crippen molar-refractivity contribution in [2.45, 2.75) is 108 Å². The monoisotopic (exact) mass is 662 g/mol. The van der Waals surface area contributed by atoms with Crippen LogP contribution in [0.2, 0.25) is 0 Å². The maximum atomic E-state index is 10.0. The van der Waals surface area contributed by atoms with Gasteiger partial charge in [0.05, 0.1) is 23.0 Å². The average molecular weight is 664 g/mol. The van der Waals surface area contributed by atoms with Crippen molar-refractivity contribution < 1.29 is 72.6 Å². The molecule has 0 fully saturated rings. The molecular weight excluding hydrogens is 610 g/mol. The van der Waals surface area contributed by atoms with Crippen LogP contribution in [0.1, 0.15) is 96.9 Å². The van der Waals surface area contributed by atoms with Gasteiger partial charge in [-0.05, 0) is 96.9 Å². The fourth-order valence-electron chi connectivity index (χ4n) is 1.18. The Hall–Kier alpha value is -2.25.